The Labute approximate surface area is 180 Å². The first kappa shape index (κ1) is 20.4. The lowest BCUT2D eigenvalue weighted by Crippen LogP contribution is -2.29. The van der Waals surface area contributed by atoms with Crippen LogP contribution in [0.1, 0.15) is 42.1 Å². The summed E-state index contributed by atoms with van der Waals surface area (Å²) in [5.41, 5.74) is 4.78. The lowest BCUT2D eigenvalue weighted by Gasteiger charge is -2.13. The highest BCUT2D eigenvalue weighted by Crippen LogP contribution is 2.39. The summed E-state index contributed by atoms with van der Waals surface area (Å²) in [4.78, 5) is 21.9. The van der Waals surface area contributed by atoms with Gasteiger partial charge in [-0.3, -0.25) is 9.78 Å². The predicted octanol–water partition coefficient (Wildman–Crippen LogP) is 5.47. The highest BCUT2D eigenvalue weighted by molar-refractivity contribution is 7.21. The molecule has 0 aliphatic heterocycles. The zero-order valence-corrected chi connectivity index (χ0v) is 18.5. The van der Waals surface area contributed by atoms with E-state index in [1.807, 2.05) is 25.4 Å². The molecule has 0 spiro atoms. The van der Waals surface area contributed by atoms with E-state index in [4.69, 9.17) is 4.98 Å². The van der Waals surface area contributed by atoms with Crippen LogP contribution in [0.2, 0.25) is 0 Å². The van der Waals surface area contributed by atoms with E-state index in [0.717, 1.165) is 61.3 Å². The lowest BCUT2D eigenvalue weighted by molar-refractivity contribution is 0.112. The number of anilines is 1. The van der Waals surface area contributed by atoms with Gasteiger partial charge in [-0.2, -0.15) is 0 Å². The maximum atomic E-state index is 11.7. The SMILES string of the molecule is CN[C@H](C)CNc1c(C=O)sc2ccc3nc(-c4ccc(C(C)C)nc4)ccc3c12. The van der Waals surface area contributed by atoms with Gasteiger partial charge in [0.05, 0.1) is 21.8 Å². The highest BCUT2D eigenvalue weighted by Gasteiger charge is 2.16. The number of likely N-dealkylation sites (N-methyl/N-ethyl adjacent to an activating group) is 1. The fourth-order valence-electron chi connectivity index (χ4n) is 3.49. The molecule has 0 bridgehead atoms. The number of rotatable bonds is 7. The first-order chi connectivity index (χ1) is 14.5. The van der Waals surface area contributed by atoms with Crippen LogP contribution in [0.5, 0.6) is 0 Å². The lowest BCUT2D eigenvalue weighted by atomic mass is 10.1. The summed E-state index contributed by atoms with van der Waals surface area (Å²) in [5, 5.41) is 8.81. The molecule has 30 heavy (non-hydrogen) atoms. The van der Waals surface area contributed by atoms with E-state index in [1.165, 1.54) is 11.3 Å². The maximum Gasteiger partial charge on any atom is 0.162 e. The zero-order valence-electron chi connectivity index (χ0n) is 17.7. The number of carbonyl (C=O) groups is 1. The number of aldehydes is 1. The molecule has 0 amide bonds. The molecule has 3 aromatic heterocycles. The monoisotopic (exact) mass is 418 g/mol. The molecule has 1 aromatic carbocycles. The molecular weight excluding hydrogens is 392 g/mol. The second-order valence-corrected chi connectivity index (χ2v) is 8.94. The van der Waals surface area contributed by atoms with Crippen LogP contribution in [-0.4, -0.2) is 35.9 Å². The Morgan fingerprint density at radius 2 is 1.93 bits per heavy atom. The predicted molar refractivity (Wildman–Crippen MR) is 127 cm³/mol. The topological polar surface area (TPSA) is 66.9 Å². The van der Waals surface area contributed by atoms with Gasteiger partial charge in [-0.25, -0.2) is 4.98 Å². The third kappa shape index (κ3) is 3.80. The van der Waals surface area contributed by atoms with E-state index >= 15 is 0 Å². The normalized spacial score (nSPS) is 12.6. The molecule has 4 aromatic rings. The fourth-order valence-corrected chi connectivity index (χ4v) is 4.51. The molecule has 1 atom stereocenters. The Kier molecular flexibility index (Phi) is 5.79. The van der Waals surface area contributed by atoms with Gasteiger partial charge in [0.25, 0.3) is 0 Å². The van der Waals surface area contributed by atoms with Gasteiger partial charge in [-0.15, -0.1) is 11.3 Å². The second kappa shape index (κ2) is 8.50. The minimum absolute atomic E-state index is 0.292. The smallest absolute Gasteiger partial charge is 0.162 e. The van der Waals surface area contributed by atoms with Crippen molar-refractivity contribution in [1.29, 1.82) is 0 Å². The van der Waals surface area contributed by atoms with E-state index in [9.17, 15) is 4.79 Å². The molecule has 0 fully saturated rings. The van der Waals surface area contributed by atoms with Gasteiger partial charge < -0.3 is 10.6 Å². The van der Waals surface area contributed by atoms with Gasteiger partial charge in [0.15, 0.2) is 6.29 Å². The summed E-state index contributed by atoms with van der Waals surface area (Å²) in [6.45, 7) is 7.11. The second-order valence-electron chi connectivity index (χ2n) is 7.86. The Hall–Kier alpha value is -2.83. The molecule has 0 saturated heterocycles. The van der Waals surface area contributed by atoms with Gasteiger partial charge in [0, 0.05) is 45.5 Å². The molecule has 0 aliphatic carbocycles. The molecule has 5 nitrogen and oxygen atoms in total. The largest absolute Gasteiger partial charge is 0.382 e. The van der Waals surface area contributed by atoms with Crippen molar-refractivity contribution < 1.29 is 4.79 Å². The fraction of sp³-hybridized carbons (Fsp3) is 0.292. The molecule has 154 valence electrons. The van der Waals surface area contributed by atoms with Gasteiger partial charge >= 0.3 is 0 Å². The summed E-state index contributed by atoms with van der Waals surface area (Å²) in [7, 11) is 1.93. The van der Waals surface area contributed by atoms with Gasteiger partial charge in [0.1, 0.15) is 0 Å². The van der Waals surface area contributed by atoms with E-state index in [-0.39, 0.29) is 0 Å². The van der Waals surface area contributed by atoms with Crippen molar-refractivity contribution in [2.75, 3.05) is 18.9 Å². The molecule has 0 aliphatic rings. The van der Waals surface area contributed by atoms with Crippen molar-refractivity contribution in [1.82, 2.24) is 15.3 Å². The van der Waals surface area contributed by atoms with E-state index < -0.39 is 0 Å². The highest BCUT2D eigenvalue weighted by atomic mass is 32.1. The van der Waals surface area contributed by atoms with Crippen LogP contribution in [0, 0.1) is 0 Å². The third-order valence-corrected chi connectivity index (χ3v) is 6.49. The average molecular weight is 419 g/mol. The van der Waals surface area contributed by atoms with Crippen LogP contribution in [0.25, 0.3) is 32.2 Å². The number of fused-ring (bicyclic) bond motifs is 3. The molecule has 4 rings (SSSR count). The first-order valence-corrected chi connectivity index (χ1v) is 11.0. The number of carbonyl (C=O) groups excluding carboxylic acids is 1. The van der Waals surface area contributed by atoms with Gasteiger partial charge in [-0.05, 0) is 56.3 Å². The molecular formula is C24H26N4OS. The average Bonchev–Trinajstić information content (AvgIpc) is 3.15. The third-order valence-electron chi connectivity index (χ3n) is 5.41. The Bertz CT molecular complexity index is 1200. The number of thiophene rings is 1. The van der Waals surface area contributed by atoms with Crippen molar-refractivity contribution in [2.24, 2.45) is 0 Å². The number of hydrogen-bond acceptors (Lipinski definition) is 6. The van der Waals surface area contributed by atoms with E-state index in [1.54, 1.807) is 0 Å². The number of aromatic nitrogens is 2. The first-order valence-electron chi connectivity index (χ1n) is 10.2. The van der Waals surface area contributed by atoms with Crippen molar-refractivity contribution >= 4 is 44.3 Å². The summed E-state index contributed by atoms with van der Waals surface area (Å²) in [6, 6.07) is 12.7. The van der Waals surface area contributed by atoms with Crippen molar-refractivity contribution in [3.8, 4) is 11.3 Å². The number of pyridine rings is 2. The van der Waals surface area contributed by atoms with Crippen LogP contribution in [0.15, 0.2) is 42.6 Å². The quantitative estimate of drug-likeness (QED) is 0.390. The van der Waals surface area contributed by atoms with Crippen LogP contribution in [0.3, 0.4) is 0 Å². The molecule has 3 heterocycles. The number of nitrogens with one attached hydrogen (secondary N) is 2. The standard InChI is InChI=1S/C24H26N4OS/c1-14(2)18-7-5-16(12-26-18)19-8-6-17-20(28-19)9-10-21-23(17)24(22(13-29)30-21)27-11-15(3)25-4/h5-10,12-15,25,27H,11H2,1-4H3/t15-/m1/s1. The Balaban J connectivity index is 1.80. The molecule has 0 radical (unpaired) electrons. The Morgan fingerprint density at radius 3 is 2.60 bits per heavy atom. The van der Waals surface area contributed by atoms with Crippen LogP contribution >= 0.6 is 11.3 Å². The molecule has 0 saturated carbocycles. The summed E-state index contributed by atoms with van der Waals surface area (Å²) >= 11 is 1.51. The van der Waals surface area contributed by atoms with Crippen LogP contribution < -0.4 is 10.6 Å². The number of benzene rings is 1. The summed E-state index contributed by atoms with van der Waals surface area (Å²) < 4.78 is 1.08. The molecule has 6 heteroatoms. The molecule has 2 N–H and O–H groups in total. The van der Waals surface area contributed by atoms with Gasteiger partial charge in [-0.1, -0.05) is 13.8 Å². The van der Waals surface area contributed by atoms with Crippen LogP contribution in [-0.2, 0) is 0 Å². The molecule has 0 unspecified atom stereocenters. The maximum absolute atomic E-state index is 11.7. The van der Waals surface area contributed by atoms with Crippen molar-refractivity contribution in [3.63, 3.8) is 0 Å². The minimum atomic E-state index is 0.292. The number of nitrogens with zero attached hydrogens (tertiary/aromatic N) is 2. The minimum Gasteiger partial charge on any atom is -0.382 e. The summed E-state index contributed by atoms with van der Waals surface area (Å²) in [5.74, 6) is 0.402. The van der Waals surface area contributed by atoms with Crippen molar-refractivity contribution in [2.45, 2.75) is 32.7 Å². The van der Waals surface area contributed by atoms with E-state index in [0.29, 0.717) is 12.0 Å². The summed E-state index contributed by atoms with van der Waals surface area (Å²) in [6.07, 6.45) is 2.83. The van der Waals surface area contributed by atoms with E-state index in [2.05, 4.69) is 60.7 Å². The number of hydrogen-bond donors (Lipinski definition) is 2. The van der Waals surface area contributed by atoms with Crippen LogP contribution in [0.4, 0.5) is 5.69 Å². The zero-order chi connectivity index (χ0) is 21.3. The Morgan fingerprint density at radius 1 is 1.10 bits per heavy atom. The van der Waals surface area contributed by atoms with Gasteiger partial charge in [0.2, 0.25) is 0 Å². The van der Waals surface area contributed by atoms with Crippen molar-refractivity contribution in [3.05, 3.63) is 53.2 Å².